The molecule has 41 heavy (non-hydrogen) atoms. The van der Waals surface area contributed by atoms with Crippen LogP contribution in [0.3, 0.4) is 0 Å². The van der Waals surface area contributed by atoms with Crippen LogP contribution in [-0.2, 0) is 27.4 Å². The first-order valence-electron chi connectivity index (χ1n) is 13.4. The van der Waals surface area contributed by atoms with Gasteiger partial charge in [-0.05, 0) is 66.1 Å². The van der Waals surface area contributed by atoms with E-state index in [-0.39, 0.29) is 24.9 Å². The lowest BCUT2D eigenvalue weighted by Crippen LogP contribution is -2.35. The predicted octanol–water partition coefficient (Wildman–Crippen LogP) is 5.98. The van der Waals surface area contributed by atoms with Crippen molar-refractivity contribution in [3.8, 4) is 11.5 Å². The summed E-state index contributed by atoms with van der Waals surface area (Å²) in [5.74, 6) is 0.616. The van der Waals surface area contributed by atoms with Gasteiger partial charge >= 0.3 is 6.36 Å². The van der Waals surface area contributed by atoms with Crippen LogP contribution in [0, 0.1) is 12.8 Å². The van der Waals surface area contributed by atoms with Gasteiger partial charge in [0.15, 0.2) is 6.61 Å². The van der Waals surface area contributed by atoms with Crippen molar-refractivity contribution in [2.24, 2.45) is 11.1 Å². The Labute approximate surface area is 237 Å². The zero-order valence-electron chi connectivity index (χ0n) is 22.8. The van der Waals surface area contributed by atoms with Crippen molar-refractivity contribution in [1.82, 2.24) is 5.32 Å². The molecule has 1 aliphatic heterocycles. The van der Waals surface area contributed by atoms with Crippen molar-refractivity contribution in [2.45, 2.75) is 39.2 Å². The summed E-state index contributed by atoms with van der Waals surface area (Å²) in [6.45, 7) is 4.04. The number of halogens is 3. The molecular formula is C31H33F3N2O5. The monoisotopic (exact) mass is 570 g/mol. The molecule has 1 heterocycles. The van der Waals surface area contributed by atoms with Crippen LogP contribution in [0.15, 0.2) is 78.0 Å². The average Bonchev–Trinajstić information content (AvgIpc) is 2.96. The first kappa shape index (κ1) is 29.9. The van der Waals surface area contributed by atoms with Crippen LogP contribution in [0.4, 0.5) is 13.2 Å². The number of amides is 1. The quantitative estimate of drug-likeness (QED) is 0.214. The minimum atomic E-state index is -4.74. The molecule has 3 aromatic carbocycles. The third-order valence-electron chi connectivity index (χ3n) is 6.57. The Balaban J connectivity index is 1.34. The van der Waals surface area contributed by atoms with E-state index in [1.165, 1.54) is 24.3 Å². The van der Waals surface area contributed by atoms with Crippen LogP contribution < -0.4 is 14.8 Å². The molecule has 4 rings (SSSR count). The van der Waals surface area contributed by atoms with E-state index in [4.69, 9.17) is 14.3 Å². The first-order chi connectivity index (χ1) is 19.7. The molecule has 1 amide bonds. The molecule has 7 nitrogen and oxygen atoms in total. The number of benzene rings is 3. The Morgan fingerprint density at radius 2 is 1.71 bits per heavy atom. The van der Waals surface area contributed by atoms with Gasteiger partial charge in [0.2, 0.25) is 0 Å². The van der Waals surface area contributed by atoms with Crippen LogP contribution in [0.25, 0.3) is 0 Å². The van der Waals surface area contributed by atoms with Gasteiger partial charge in [-0.25, -0.2) is 0 Å². The van der Waals surface area contributed by atoms with Gasteiger partial charge in [-0.3, -0.25) is 4.79 Å². The predicted molar refractivity (Wildman–Crippen MR) is 148 cm³/mol. The van der Waals surface area contributed by atoms with Crippen molar-refractivity contribution < 1.29 is 37.0 Å². The molecule has 1 aliphatic rings. The summed E-state index contributed by atoms with van der Waals surface area (Å²) < 4.78 is 52.2. The molecule has 0 radical (unpaired) electrons. The van der Waals surface area contributed by atoms with Gasteiger partial charge in [0.05, 0.1) is 5.71 Å². The van der Waals surface area contributed by atoms with Crippen molar-refractivity contribution in [3.63, 3.8) is 0 Å². The minimum Gasteiger partial charge on any atom is -0.484 e. The van der Waals surface area contributed by atoms with Crippen molar-refractivity contribution >= 4 is 11.6 Å². The molecule has 0 saturated carbocycles. The van der Waals surface area contributed by atoms with Crippen LogP contribution >= 0.6 is 0 Å². The molecule has 0 aromatic heterocycles. The molecule has 0 bridgehead atoms. The molecule has 1 fully saturated rings. The second kappa shape index (κ2) is 14.5. The van der Waals surface area contributed by atoms with E-state index >= 15 is 0 Å². The maximum atomic E-state index is 12.4. The molecule has 218 valence electrons. The number of ether oxygens (including phenoxy) is 3. The number of hydrogen-bond donors (Lipinski definition) is 1. The van der Waals surface area contributed by atoms with E-state index in [2.05, 4.69) is 15.2 Å². The molecular weight excluding hydrogens is 537 g/mol. The van der Waals surface area contributed by atoms with Gasteiger partial charge in [-0.15, -0.1) is 13.2 Å². The number of nitrogens with one attached hydrogen (secondary N) is 1. The highest BCUT2D eigenvalue weighted by molar-refractivity contribution is 6.01. The number of carbonyl (C=O) groups excluding carboxylic acids is 1. The largest absolute Gasteiger partial charge is 0.573 e. The highest BCUT2D eigenvalue weighted by Gasteiger charge is 2.31. The summed E-state index contributed by atoms with van der Waals surface area (Å²) in [7, 11) is 0. The van der Waals surface area contributed by atoms with Gasteiger partial charge < -0.3 is 24.4 Å². The fourth-order valence-corrected chi connectivity index (χ4v) is 4.37. The van der Waals surface area contributed by atoms with Gasteiger partial charge in [0.1, 0.15) is 18.1 Å². The van der Waals surface area contributed by atoms with Crippen molar-refractivity contribution in [3.05, 3.63) is 95.1 Å². The number of aryl methyl sites for hydroxylation is 1. The lowest BCUT2D eigenvalue weighted by Gasteiger charge is -2.22. The highest BCUT2D eigenvalue weighted by Crippen LogP contribution is 2.23. The Bertz CT molecular complexity index is 1290. The SMILES string of the molecule is Cc1cc(CC(=NOCc2ccc(OC(F)(F)F)cc2)c2ccccc2)ccc1OCC(=O)NCC1CCOCC1. The molecule has 1 N–H and O–H groups in total. The van der Waals surface area contributed by atoms with Crippen LogP contribution in [0.2, 0.25) is 0 Å². The van der Waals surface area contributed by atoms with Crippen molar-refractivity contribution in [2.75, 3.05) is 26.4 Å². The third-order valence-corrected chi connectivity index (χ3v) is 6.57. The van der Waals surface area contributed by atoms with Gasteiger partial charge in [-0.1, -0.05) is 59.8 Å². The average molecular weight is 571 g/mol. The van der Waals surface area contributed by atoms with Gasteiger partial charge in [0, 0.05) is 26.2 Å². The number of alkyl halides is 3. The van der Waals surface area contributed by atoms with E-state index in [1.54, 1.807) is 0 Å². The normalized spacial score (nSPS) is 14.4. The lowest BCUT2D eigenvalue weighted by molar-refractivity contribution is -0.274. The number of hydrogen-bond acceptors (Lipinski definition) is 6. The van der Waals surface area contributed by atoms with Crippen LogP contribution in [-0.4, -0.2) is 44.3 Å². The Morgan fingerprint density at radius 1 is 1.00 bits per heavy atom. The maximum Gasteiger partial charge on any atom is 0.573 e. The molecule has 0 unspecified atom stereocenters. The van der Waals surface area contributed by atoms with Gasteiger partial charge in [0.25, 0.3) is 5.91 Å². The number of carbonyl (C=O) groups is 1. The number of nitrogens with zero attached hydrogens (tertiary/aromatic N) is 1. The summed E-state index contributed by atoms with van der Waals surface area (Å²) in [4.78, 5) is 17.8. The van der Waals surface area contributed by atoms with E-state index in [1.807, 2.05) is 55.5 Å². The second-order valence-corrected chi connectivity index (χ2v) is 9.79. The van der Waals surface area contributed by atoms with Crippen LogP contribution in [0.1, 0.15) is 35.1 Å². The topological polar surface area (TPSA) is 78.4 Å². The Morgan fingerprint density at radius 3 is 2.39 bits per heavy atom. The summed E-state index contributed by atoms with van der Waals surface area (Å²) in [5, 5.41) is 7.29. The molecule has 0 aliphatic carbocycles. The molecule has 10 heteroatoms. The molecule has 3 aromatic rings. The standard InChI is InChI=1S/C31H33F3N2O5/c1-22-17-25(9-12-29(22)39-21-30(37)35-19-23-13-15-38-16-14-23)18-28(26-5-3-2-4-6-26)36-40-20-24-7-10-27(11-8-24)41-31(32,33)34/h2-12,17,23H,13-16,18-21H2,1H3,(H,35,37). The van der Waals surface area contributed by atoms with Crippen LogP contribution in [0.5, 0.6) is 11.5 Å². The summed E-state index contributed by atoms with van der Waals surface area (Å²) >= 11 is 0. The van der Waals surface area contributed by atoms with Gasteiger partial charge in [-0.2, -0.15) is 0 Å². The number of oxime groups is 1. The minimum absolute atomic E-state index is 0.0583. The fourth-order valence-electron chi connectivity index (χ4n) is 4.37. The first-order valence-corrected chi connectivity index (χ1v) is 13.4. The fraction of sp³-hybridized carbons (Fsp3) is 0.355. The molecule has 0 spiro atoms. The highest BCUT2D eigenvalue weighted by atomic mass is 19.4. The zero-order valence-corrected chi connectivity index (χ0v) is 22.8. The molecule has 1 saturated heterocycles. The smallest absolute Gasteiger partial charge is 0.484 e. The Kier molecular flexibility index (Phi) is 10.6. The maximum absolute atomic E-state index is 12.4. The summed E-state index contributed by atoms with van der Waals surface area (Å²) in [6.07, 6.45) is -2.37. The van der Waals surface area contributed by atoms with E-state index < -0.39 is 6.36 Å². The lowest BCUT2D eigenvalue weighted by atomic mass is 10.0. The Hall–Kier alpha value is -4.05. The second-order valence-electron chi connectivity index (χ2n) is 9.79. The van der Waals surface area contributed by atoms with Crippen molar-refractivity contribution in [1.29, 1.82) is 0 Å². The van der Waals surface area contributed by atoms with E-state index in [0.717, 1.165) is 42.7 Å². The number of rotatable bonds is 12. The summed E-state index contributed by atoms with van der Waals surface area (Å²) in [6, 6.07) is 20.7. The molecule has 0 atom stereocenters. The zero-order chi connectivity index (χ0) is 29.1. The third kappa shape index (κ3) is 10.1. The van der Waals surface area contributed by atoms with E-state index in [0.29, 0.717) is 35.9 Å². The summed E-state index contributed by atoms with van der Waals surface area (Å²) in [5.41, 5.74) is 4.06. The van der Waals surface area contributed by atoms with E-state index in [9.17, 15) is 18.0 Å².